The van der Waals surface area contributed by atoms with E-state index in [-0.39, 0.29) is 12.4 Å². The first kappa shape index (κ1) is 19.7. The van der Waals surface area contributed by atoms with Crippen molar-refractivity contribution >= 4 is 5.96 Å². The number of hydrogen-bond acceptors (Lipinski definition) is 3. The van der Waals surface area contributed by atoms with Gasteiger partial charge in [0.1, 0.15) is 18.2 Å². The molecule has 2 aromatic rings. The number of rotatable bonds is 8. The number of benzene rings is 2. The maximum Gasteiger partial charge on any atom is 0.191 e. The third-order valence-corrected chi connectivity index (χ3v) is 3.78. The van der Waals surface area contributed by atoms with Crippen LogP contribution in [0.25, 0.3) is 0 Å². The topological polar surface area (TPSA) is 54.9 Å². The molecule has 0 spiro atoms. The van der Waals surface area contributed by atoms with Gasteiger partial charge in [-0.15, -0.1) is 0 Å². The first-order valence-corrected chi connectivity index (χ1v) is 8.52. The molecule has 0 fully saturated rings. The van der Waals surface area contributed by atoms with Crippen LogP contribution in [-0.4, -0.2) is 33.3 Å². The van der Waals surface area contributed by atoms with Crippen molar-refractivity contribution in [2.45, 2.75) is 20.1 Å². The lowest BCUT2D eigenvalue weighted by Gasteiger charge is -2.13. The predicted octanol–water partition coefficient (Wildman–Crippen LogP) is 3.02. The van der Waals surface area contributed by atoms with Crippen molar-refractivity contribution in [1.82, 2.24) is 10.6 Å². The van der Waals surface area contributed by atoms with Gasteiger partial charge in [0.05, 0.1) is 13.2 Å². The standard InChI is InChI=1S/C20H26FN3O2/c1-15-4-7-18(8-5-15)26-11-10-23-20(22-2)24-13-16-6-9-19(21)17(12-16)14-25-3/h4-9,12H,10-11,13-14H2,1-3H3,(H2,22,23,24). The van der Waals surface area contributed by atoms with Crippen molar-refractivity contribution in [3.63, 3.8) is 0 Å². The molecular formula is C20H26FN3O2. The molecule has 0 saturated carbocycles. The first-order valence-electron chi connectivity index (χ1n) is 8.52. The van der Waals surface area contributed by atoms with Crippen molar-refractivity contribution in [3.05, 3.63) is 65.0 Å². The summed E-state index contributed by atoms with van der Waals surface area (Å²) in [6, 6.07) is 12.9. The number of nitrogens with zero attached hydrogens (tertiary/aromatic N) is 1. The number of ether oxygens (including phenoxy) is 2. The summed E-state index contributed by atoms with van der Waals surface area (Å²) >= 11 is 0. The molecular weight excluding hydrogens is 333 g/mol. The Morgan fingerprint density at radius 3 is 2.58 bits per heavy atom. The van der Waals surface area contributed by atoms with Gasteiger partial charge in [0, 0.05) is 26.3 Å². The van der Waals surface area contributed by atoms with Crippen LogP contribution >= 0.6 is 0 Å². The summed E-state index contributed by atoms with van der Waals surface area (Å²) in [6.45, 7) is 3.98. The van der Waals surface area contributed by atoms with Gasteiger partial charge in [-0.3, -0.25) is 4.99 Å². The van der Waals surface area contributed by atoms with Gasteiger partial charge >= 0.3 is 0 Å². The summed E-state index contributed by atoms with van der Waals surface area (Å²) in [7, 11) is 3.26. The van der Waals surface area contributed by atoms with E-state index in [9.17, 15) is 4.39 Å². The van der Waals surface area contributed by atoms with Gasteiger partial charge in [-0.05, 0) is 36.8 Å². The Kier molecular flexibility index (Phi) is 7.89. The van der Waals surface area contributed by atoms with Gasteiger partial charge in [-0.1, -0.05) is 23.8 Å². The summed E-state index contributed by atoms with van der Waals surface area (Å²) < 4.78 is 24.3. The van der Waals surface area contributed by atoms with E-state index >= 15 is 0 Å². The molecule has 0 atom stereocenters. The fourth-order valence-electron chi connectivity index (χ4n) is 2.38. The van der Waals surface area contributed by atoms with Gasteiger partial charge in [-0.2, -0.15) is 0 Å². The summed E-state index contributed by atoms with van der Waals surface area (Å²) in [5.41, 5.74) is 2.70. The molecule has 0 aliphatic carbocycles. The average Bonchev–Trinajstić information content (AvgIpc) is 2.65. The second-order valence-electron chi connectivity index (χ2n) is 5.87. The molecule has 0 aliphatic heterocycles. The molecule has 2 aromatic carbocycles. The Morgan fingerprint density at radius 1 is 1.12 bits per heavy atom. The zero-order chi connectivity index (χ0) is 18.8. The molecule has 0 saturated heterocycles. The molecule has 0 heterocycles. The number of guanidine groups is 1. The SMILES string of the molecule is CN=C(NCCOc1ccc(C)cc1)NCc1ccc(F)c(COC)c1. The van der Waals surface area contributed by atoms with Crippen molar-refractivity contribution in [3.8, 4) is 5.75 Å². The Bertz CT molecular complexity index is 717. The second kappa shape index (κ2) is 10.4. The Hall–Kier alpha value is -2.60. The van der Waals surface area contributed by atoms with E-state index in [0.717, 1.165) is 11.3 Å². The molecule has 2 rings (SSSR count). The molecule has 6 heteroatoms. The molecule has 5 nitrogen and oxygen atoms in total. The molecule has 0 amide bonds. The van der Waals surface area contributed by atoms with Crippen LogP contribution in [0.15, 0.2) is 47.5 Å². The summed E-state index contributed by atoms with van der Waals surface area (Å²) in [6.07, 6.45) is 0. The minimum absolute atomic E-state index is 0.253. The minimum Gasteiger partial charge on any atom is -0.492 e. The number of methoxy groups -OCH3 is 1. The van der Waals surface area contributed by atoms with Crippen molar-refractivity contribution < 1.29 is 13.9 Å². The third-order valence-electron chi connectivity index (χ3n) is 3.78. The van der Waals surface area contributed by atoms with Crippen LogP contribution in [0.5, 0.6) is 5.75 Å². The molecule has 26 heavy (non-hydrogen) atoms. The second-order valence-corrected chi connectivity index (χ2v) is 5.87. The zero-order valence-corrected chi connectivity index (χ0v) is 15.5. The van der Waals surface area contributed by atoms with Crippen molar-refractivity contribution in [2.75, 3.05) is 27.3 Å². The number of aliphatic imine (C=N–C) groups is 1. The molecule has 0 unspecified atom stereocenters. The lowest BCUT2D eigenvalue weighted by molar-refractivity contribution is 0.181. The minimum atomic E-state index is -0.258. The average molecular weight is 359 g/mol. The number of aryl methyl sites for hydroxylation is 1. The van der Waals surface area contributed by atoms with E-state index in [4.69, 9.17) is 9.47 Å². The molecule has 140 valence electrons. The quantitative estimate of drug-likeness (QED) is 0.432. The fourth-order valence-corrected chi connectivity index (χ4v) is 2.38. The van der Waals surface area contributed by atoms with E-state index in [2.05, 4.69) is 15.6 Å². The molecule has 0 bridgehead atoms. The highest BCUT2D eigenvalue weighted by molar-refractivity contribution is 5.79. The van der Waals surface area contributed by atoms with Crippen LogP contribution in [-0.2, 0) is 17.9 Å². The summed E-state index contributed by atoms with van der Waals surface area (Å²) in [4.78, 5) is 4.18. The maximum atomic E-state index is 13.6. The van der Waals surface area contributed by atoms with Crippen LogP contribution in [0.1, 0.15) is 16.7 Å². The Morgan fingerprint density at radius 2 is 1.88 bits per heavy atom. The molecule has 0 aliphatic rings. The number of hydrogen-bond donors (Lipinski definition) is 2. The van der Waals surface area contributed by atoms with Crippen LogP contribution in [0.4, 0.5) is 4.39 Å². The van der Waals surface area contributed by atoms with Crippen LogP contribution in [0, 0.1) is 12.7 Å². The van der Waals surface area contributed by atoms with E-state index in [1.54, 1.807) is 26.3 Å². The van der Waals surface area contributed by atoms with Crippen molar-refractivity contribution in [1.29, 1.82) is 0 Å². The first-order chi connectivity index (χ1) is 12.6. The van der Waals surface area contributed by atoms with Crippen LogP contribution in [0.2, 0.25) is 0 Å². The Balaban J connectivity index is 1.75. The van der Waals surface area contributed by atoms with Gasteiger partial charge in [-0.25, -0.2) is 4.39 Å². The summed E-state index contributed by atoms with van der Waals surface area (Å²) in [5, 5.41) is 6.39. The van der Waals surface area contributed by atoms with Gasteiger partial charge < -0.3 is 20.1 Å². The third kappa shape index (κ3) is 6.37. The zero-order valence-electron chi connectivity index (χ0n) is 15.5. The highest BCUT2D eigenvalue weighted by Gasteiger charge is 2.04. The van der Waals surface area contributed by atoms with E-state index < -0.39 is 0 Å². The van der Waals surface area contributed by atoms with E-state index in [1.165, 1.54) is 11.6 Å². The number of halogens is 1. The van der Waals surface area contributed by atoms with E-state index in [0.29, 0.717) is 31.2 Å². The molecule has 2 N–H and O–H groups in total. The largest absolute Gasteiger partial charge is 0.492 e. The lowest BCUT2D eigenvalue weighted by Crippen LogP contribution is -2.38. The fraction of sp³-hybridized carbons (Fsp3) is 0.350. The van der Waals surface area contributed by atoms with Gasteiger partial charge in [0.15, 0.2) is 5.96 Å². The normalized spacial score (nSPS) is 11.3. The van der Waals surface area contributed by atoms with Crippen LogP contribution < -0.4 is 15.4 Å². The molecule has 0 aromatic heterocycles. The van der Waals surface area contributed by atoms with Gasteiger partial charge in [0.25, 0.3) is 0 Å². The van der Waals surface area contributed by atoms with Crippen LogP contribution in [0.3, 0.4) is 0 Å². The predicted molar refractivity (Wildman–Crippen MR) is 102 cm³/mol. The van der Waals surface area contributed by atoms with E-state index in [1.807, 2.05) is 31.2 Å². The monoisotopic (exact) mass is 359 g/mol. The smallest absolute Gasteiger partial charge is 0.191 e. The Labute approximate surface area is 154 Å². The highest BCUT2D eigenvalue weighted by Crippen LogP contribution is 2.12. The number of nitrogens with one attached hydrogen (secondary N) is 2. The van der Waals surface area contributed by atoms with Crippen molar-refractivity contribution in [2.24, 2.45) is 4.99 Å². The lowest BCUT2D eigenvalue weighted by atomic mass is 10.1. The highest BCUT2D eigenvalue weighted by atomic mass is 19.1. The summed E-state index contributed by atoms with van der Waals surface area (Å²) in [5.74, 6) is 1.25. The maximum absolute atomic E-state index is 13.6. The molecule has 0 radical (unpaired) electrons. The van der Waals surface area contributed by atoms with Gasteiger partial charge in [0.2, 0.25) is 0 Å².